The van der Waals surface area contributed by atoms with Crippen LogP contribution < -0.4 is 14.8 Å². The Hall–Kier alpha value is -3.25. The van der Waals surface area contributed by atoms with Crippen molar-refractivity contribution >= 4 is 5.97 Å². The molecular formula is C26H32N2O4. The van der Waals surface area contributed by atoms with Gasteiger partial charge in [0.2, 0.25) is 0 Å². The van der Waals surface area contributed by atoms with Crippen LogP contribution in [0.15, 0.2) is 48.5 Å². The molecule has 0 saturated carbocycles. The van der Waals surface area contributed by atoms with Gasteiger partial charge in [-0.25, -0.2) is 4.79 Å². The van der Waals surface area contributed by atoms with Crippen molar-refractivity contribution in [1.29, 1.82) is 0 Å². The summed E-state index contributed by atoms with van der Waals surface area (Å²) >= 11 is 0. The smallest absolute Gasteiger partial charge is 0.337 e. The lowest BCUT2D eigenvalue weighted by Gasteiger charge is -2.11. The topological polar surface area (TPSA) is 72.7 Å². The maximum absolute atomic E-state index is 12.0. The maximum Gasteiger partial charge on any atom is 0.337 e. The third-order valence-electron chi connectivity index (χ3n) is 5.75. The van der Waals surface area contributed by atoms with E-state index >= 15 is 0 Å². The molecule has 6 nitrogen and oxygen atoms in total. The summed E-state index contributed by atoms with van der Waals surface area (Å²) in [7, 11) is 1.64. The van der Waals surface area contributed by atoms with Crippen LogP contribution in [-0.2, 0) is 19.5 Å². The van der Waals surface area contributed by atoms with E-state index in [0.717, 1.165) is 47.0 Å². The van der Waals surface area contributed by atoms with E-state index in [2.05, 4.69) is 22.0 Å². The molecule has 3 aromatic rings. The van der Waals surface area contributed by atoms with Gasteiger partial charge in [-0.15, -0.1) is 0 Å². The van der Waals surface area contributed by atoms with Gasteiger partial charge in [0, 0.05) is 30.0 Å². The van der Waals surface area contributed by atoms with Crippen LogP contribution in [0.1, 0.15) is 45.4 Å². The van der Waals surface area contributed by atoms with Crippen molar-refractivity contribution in [2.24, 2.45) is 0 Å². The molecule has 32 heavy (non-hydrogen) atoms. The predicted molar refractivity (Wildman–Crippen MR) is 126 cm³/mol. The van der Waals surface area contributed by atoms with Gasteiger partial charge in [0.15, 0.2) is 0 Å². The van der Waals surface area contributed by atoms with Crippen LogP contribution in [-0.4, -0.2) is 35.9 Å². The van der Waals surface area contributed by atoms with Gasteiger partial charge < -0.3 is 24.5 Å². The van der Waals surface area contributed by atoms with Crippen LogP contribution >= 0.6 is 0 Å². The summed E-state index contributed by atoms with van der Waals surface area (Å²) < 4.78 is 12.8. The summed E-state index contributed by atoms with van der Waals surface area (Å²) in [6, 6.07) is 15.9. The second-order valence-corrected chi connectivity index (χ2v) is 7.77. The van der Waals surface area contributed by atoms with E-state index in [1.807, 2.05) is 57.2 Å². The fourth-order valence-electron chi connectivity index (χ4n) is 3.96. The molecule has 0 saturated heterocycles. The van der Waals surface area contributed by atoms with Crippen molar-refractivity contribution in [2.45, 2.75) is 40.3 Å². The number of nitrogens with one attached hydrogen (secondary N) is 1. The van der Waals surface area contributed by atoms with Crippen molar-refractivity contribution in [3.8, 4) is 11.5 Å². The van der Waals surface area contributed by atoms with E-state index in [0.29, 0.717) is 25.3 Å². The molecule has 2 N–H and O–H groups in total. The Labute approximate surface area is 189 Å². The summed E-state index contributed by atoms with van der Waals surface area (Å²) in [6.07, 6.45) is 0.861. The fourth-order valence-corrected chi connectivity index (χ4v) is 3.96. The quantitative estimate of drug-likeness (QED) is 0.430. The summed E-state index contributed by atoms with van der Waals surface area (Å²) in [5.41, 5.74) is 5.29. The highest BCUT2D eigenvalue weighted by Gasteiger charge is 2.22. The zero-order chi connectivity index (χ0) is 23.1. The Bertz CT molecular complexity index is 1040. The molecule has 6 heteroatoms. The lowest BCUT2D eigenvalue weighted by atomic mass is 10.1. The predicted octanol–water partition coefficient (Wildman–Crippen LogP) is 4.59. The number of methoxy groups -OCH3 is 1. The van der Waals surface area contributed by atoms with Crippen molar-refractivity contribution in [1.82, 2.24) is 9.88 Å². The van der Waals surface area contributed by atoms with E-state index < -0.39 is 5.97 Å². The lowest BCUT2D eigenvalue weighted by molar-refractivity contribution is 0.0694. The standard InChI is InChI=1S/C26H32N2O4/c1-5-32-23-12-6-20(7-13-23)14-15-27-16-24-18(2)28(19(3)25(24)26(29)30)17-21-8-10-22(31-4)11-9-21/h6-13,27H,5,14-17H2,1-4H3,(H,29,30). The van der Waals surface area contributed by atoms with Gasteiger partial charge in [-0.2, -0.15) is 0 Å². The first kappa shape index (κ1) is 23.4. The fraction of sp³-hybridized carbons (Fsp3) is 0.346. The molecule has 0 atom stereocenters. The van der Waals surface area contributed by atoms with Crippen molar-refractivity contribution < 1.29 is 19.4 Å². The number of hydrogen-bond donors (Lipinski definition) is 2. The number of aromatic carboxylic acids is 1. The first-order valence-corrected chi connectivity index (χ1v) is 10.9. The highest BCUT2D eigenvalue weighted by molar-refractivity contribution is 5.91. The Kier molecular flexibility index (Phi) is 7.95. The van der Waals surface area contributed by atoms with Crippen molar-refractivity contribution in [3.05, 3.63) is 82.2 Å². The number of rotatable bonds is 11. The molecular weight excluding hydrogens is 404 g/mol. The van der Waals surface area contributed by atoms with Crippen LogP contribution in [0.5, 0.6) is 11.5 Å². The summed E-state index contributed by atoms with van der Waals surface area (Å²) in [5.74, 6) is 0.792. The summed E-state index contributed by atoms with van der Waals surface area (Å²) in [4.78, 5) is 12.0. The lowest BCUT2D eigenvalue weighted by Crippen LogP contribution is -2.18. The van der Waals surface area contributed by atoms with Crippen molar-refractivity contribution in [3.63, 3.8) is 0 Å². The van der Waals surface area contributed by atoms with Gasteiger partial charge in [0.1, 0.15) is 11.5 Å². The Morgan fingerprint density at radius 3 is 2.19 bits per heavy atom. The summed E-state index contributed by atoms with van der Waals surface area (Å²) in [6.45, 7) is 8.39. The zero-order valence-electron chi connectivity index (χ0n) is 19.3. The number of carboxylic acid groups (broad SMARTS) is 1. The molecule has 170 valence electrons. The Morgan fingerprint density at radius 1 is 0.969 bits per heavy atom. The van der Waals surface area contributed by atoms with Gasteiger partial charge in [0.25, 0.3) is 0 Å². The number of benzene rings is 2. The first-order chi connectivity index (χ1) is 15.4. The normalized spacial score (nSPS) is 10.9. The Morgan fingerprint density at radius 2 is 1.59 bits per heavy atom. The van der Waals surface area contributed by atoms with Crippen LogP contribution in [0.2, 0.25) is 0 Å². The third-order valence-corrected chi connectivity index (χ3v) is 5.75. The third kappa shape index (κ3) is 5.51. The molecule has 2 aromatic carbocycles. The number of carboxylic acids is 1. The van der Waals surface area contributed by atoms with Gasteiger partial charge in [-0.1, -0.05) is 24.3 Å². The van der Waals surface area contributed by atoms with Crippen LogP contribution in [0, 0.1) is 13.8 Å². The molecule has 0 aliphatic carbocycles. The number of hydrogen-bond acceptors (Lipinski definition) is 4. The minimum atomic E-state index is -0.887. The highest BCUT2D eigenvalue weighted by atomic mass is 16.5. The number of carbonyl (C=O) groups is 1. The second kappa shape index (κ2) is 10.9. The molecule has 3 rings (SSSR count). The molecule has 0 aliphatic rings. The minimum absolute atomic E-state index is 0.393. The van der Waals surface area contributed by atoms with E-state index in [9.17, 15) is 9.90 Å². The van der Waals surface area contributed by atoms with Crippen LogP contribution in [0.25, 0.3) is 0 Å². The van der Waals surface area contributed by atoms with Crippen LogP contribution in [0.3, 0.4) is 0 Å². The molecule has 0 amide bonds. The van der Waals surface area contributed by atoms with E-state index in [4.69, 9.17) is 9.47 Å². The summed E-state index contributed by atoms with van der Waals surface area (Å²) in [5, 5.41) is 13.3. The monoisotopic (exact) mass is 436 g/mol. The molecule has 1 aromatic heterocycles. The molecule has 0 bridgehead atoms. The molecule has 0 unspecified atom stereocenters. The van der Waals surface area contributed by atoms with E-state index in [1.54, 1.807) is 7.11 Å². The van der Waals surface area contributed by atoms with Gasteiger partial charge >= 0.3 is 5.97 Å². The maximum atomic E-state index is 12.0. The van der Waals surface area contributed by atoms with Crippen molar-refractivity contribution in [2.75, 3.05) is 20.3 Å². The van der Waals surface area contributed by atoms with E-state index in [-0.39, 0.29) is 0 Å². The second-order valence-electron chi connectivity index (χ2n) is 7.77. The van der Waals surface area contributed by atoms with Gasteiger partial charge in [-0.05, 0) is 69.1 Å². The number of ether oxygens (including phenoxy) is 2. The van der Waals surface area contributed by atoms with Crippen LogP contribution in [0.4, 0.5) is 0 Å². The minimum Gasteiger partial charge on any atom is -0.497 e. The molecule has 0 radical (unpaired) electrons. The van der Waals surface area contributed by atoms with Gasteiger partial charge in [-0.3, -0.25) is 0 Å². The largest absolute Gasteiger partial charge is 0.497 e. The average Bonchev–Trinajstić information content (AvgIpc) is 3.03. The van der Waals surface area contributed by atoms with Gasteiger partial charge in [0.05, 0.1) is 19.3 Å². The molecule has 0 fully saturated rings. The molecule has 0 spiro atoms. The average molecular weight is 437 g/mol. The zero-order valence-corrected chi connectivity index (χ0v) is 19.3. The number of nitrogens with zero attached hydrogens (tertiary/aromatic N) is 1. The SMILES string of the molecule is CCOc1ccc(CCNCc2c(C(=O)O)c(C)n(Cc3ccc(OC)cc3)c2C)cc1. The number of aromatic nitrogens is 1. The first-order valence-electron chi connectivity index (χ1n) is 10.9. The Balaban J connectivity index is 1.68. The molecule has 1 heterocycles. The van der Waals surface area contributed by atoms with E-state index in [1.165, 1.54) is 5.56 Å². The molecule has 0 aliphatic heterocycles. The highest BCUT2D eigenvalue weighted by Crippen LogP contribution is 2.24.